The predicted octanol–water partition coefficient (Wildman–Crippen LogP) is 3.11. The Kier molecular flexibility index (Phi) is 3.08. The zero-order valence-electron chi connectivity index (χ0n) is 6.68. The number of rotatable bonds is 2. The predicted molar refractivity (Wildman–Crippen MR) is 43.7 cm³/mol. The summed E-state index contributed by atoms with van der Waals surface area (Å²) in [6, 6.07) is 6.84. The molecule has 1 aromatic carbocycles. The average molecular weight is 207 g/mol. The third-order valence-electron chi connectivity index (χ3n) is 1.19. The second kappa shape index (κ2) is 3.91. The van der Waals surface area contributed by atoms with Crippen molar-refractivity contribution in [1.82, 2.24) is 0 Å². The van der Waals surface area contributed by atoms with Crippen molar-refractivity contribution in [2.75, 3.05) is 7.11 Å². The molecular formula is C8H6F3OS. The standard InChI is InChI=1S/C8H6F3OS/c1-12-6-3-2-4-7(5-6)13-8(9,10)11/h2-4H,1H3. The lowest BCUT2D eigenvalue weighted by Gasteiger charge is -2.05. The Hall–Kier alpha value is -0.840. The second-order valence-electron chi connectivity index (χ2n) is 2.13. The van der Waals surface area contributed by atoms with Gasteiger partial charge in [-0.25, -0.2) is 0 Å². The van der Waals surface area contributed by atoms with Crippen molar-refractivity contribution in [2.24, 2.45) is 0 Å². The number of hydrogen-bond acceptors (Lipinski definition) is 2. The van der Waals surface area contributed by atoms with Gasteiger partial charge in [-0.3, -0.25) is 0 Å². The summed E-state index contributed by atoms with van der Waals surface area (Å²) in [6.45, 7) is 0. The van der Waals surface area contributed by atoms with Crippen LogP contribution in [0.2, 0.25) is 0 Å². The zero-order chi connectivity index (χ0) is 9.90. The fourth-order valence-corrected chi connectivity index (χ4v) is 1.28. The first-order valence-electron chi connectivity index (χ1n) is 3.33. The van der Waals surface area contributed by atoms with E-state index in [0.717, 1.165) is 0 Å². The third kappa shape index (κ3) is 3.59. The van der Waals surface area contributed by atoms with Crippen LogP contribution in [0.3, 0.4) is 0 Å². The summed E-state index contributed by atoms with van der Waals surface area (Å²) in [7, 11) is 1.38. The molecule has 0 amide bonds. The maximum Gasteiger partial charge on any atom is 0.446 e. The summed E-state index contributed by atoms with van der Waals surface area (Å²) in [5.74, 6) is 0.300. The van der Waals surface area contributed by atoms with E-state index in [1.807, 2.05) is 0 Å². The molecule has 0 spiro atoms. The third-order valence-corrected chi connectivity index (χ3v) is 1.88. The van der Waals surface area contributed by atoms with Gasteiger partial charge in [0, 0.05) is 11.0 Å². The Labute approximate surface area is 77.9 Å². The van der Waals surface area contributed by atoms with Crippen molar-refractivity contribution in [1.29, 1.82) is 0 Å². The van der Waals surface area contributed by atoms with E-state index in [0.29, 0.717) is 5.75 Å². The number of alkyl halides is 3. The summed E-state index contributed by atoms with van der Waals surface area (Å²) in [6.07, 6.45) is 0. The van der Waals surface area contributed by atoms with Crippen LogP contribution in [0.4, 0.5) is 13.2 Å². The van der Waals surface area contributed by atoms with E-state index in [2.05, 4.69) is 6.07 Å². The lowest BCUT2D eigenvalue weighted by atomic mass is 10.3. The molecule has 0 N–H and O–H groups in total. The minimum absolute atomic E-state index is 0.00634. The topological polar surface area (TPSA) is 9.23 Å². The molecule has 0 bridgehead atoms. The summed E-state index contributed by atoms with van der Waals surface area (Å²) >= 11 is -0.205. The van der Waals surface area contributed by atoms with E-state index in [1.165, 1.54) is 19.2 Å². The highest BCUT2D eigenvalue weighted by atomic mass is 32.2. The molecule has 5 heteroatoms. The van der Waals surface area contributed by atoms with Crippen LogP contribution in [0.5, 0.6) is 5.75 Å². The Morgan fingerprint density at radius 3 is 2.62 bits per heavy atom. The van der Waals surface area contributed by atoms with Gasteiger partial charge in [0.25, 0.3) is 0 Å². The first kappa shape index (κ1) is 10.2. The molecule has 0 aliphatic carbocycles. The maximum absolute atomic E-state index is 11.9. The molecule has 0 saturated heterocycles. The van der Waals surface area contributed by atoms with E-state index in [9.17, 15) is 13.2 Å². The van der Waals surface area contributed by atoms with Crippen LogP contribution in [0.1, 0.15) is 0 Å². The van der Waals surface area contributed by atoms with Gasteiger partial charge in [0.15, 0.2) is 0 Å². The summed E-state index contributed by atoms with van der Waals surface area (Å²) in [5.41, 5.74) is -4.27. The van der Waals surface area contributed by atoms with Crippen LogP contribution in [0, 0.1) is 6.07 Å². The van der Waals surface area contributed by atoms with Crippen molar-refractivity contribution in [2.45, 2.75) is 10.4 Å². The van der Waals surface area contributed by atoms with Crippen LogP contribution in [-0.4, -0.2) is 12.6 Å². The largest absolute Gasteiger partial charge is 0.496 e. The molecule has 1 radical (unpaired) electrons. The minimum atomic E-state index is -4.27. The molecule has 0 atom stereocenters. The first-order valence-corrected chi connectivity index (χ1v) is 4.15. The number of ether oxygens (including phenoxy) is 1. The Morgan fingerprint density at radius 1 is 1.38 bits per heavy atom. The Balaban J connectivity index is 2.78. The molecule has 1 nitrogen and oxygen atoms in total. The van der Waals surface area contributed by atoms with Gasteiger partial charge >= 0.3 is 5.51 Å². The highest BCUT2D eigenvalue weighted by Crippen LogP contribution is 2.37. The molecule has 0 unspecified atom stereocenters. The fraction of sp³-hybridized carbons (Fsp3) is 0.250. The highest BCUT2D eigenvalue weighted by molar-refractivity contribution is 8.00. The number of benzene rings is 1. The molecule has 71 valence electrons. The zero-order valence-corrected chi connectivity index (χ0v) is 7.50. The Morgan fingerprint density at radius 2 is 2.08 bits per heavy atom. The first-order chi connectivity index (χ1) is 6.01. The van der Waals surface area contributed by atoms with Gasteiger partial charge < -0.3 is 4.74 Å². The quantitative estimate of drug-likeness (QED) is 0.689. The minimum Gasteiger partial charge on any atom is -0.496 e. The molecule has 0 aliphatic heterocycles. The SMILES string of the molecule is COc1[c]c(SC(F)(F)F)ccc1. The van der Waals surface area contributed by atoms with Crippen LogP contribution < -0.4 is 4.74 Å². The van der Waals surface area contributed by atoms with E-state index in [-0.39, 0.29) is 16.7 Å². The number of methoxy groups -OCH3 is 1. The van der Waals surface area contributed by atoms with Gasteiger partial charge in [-0.2, -0.15) is 13.2 Å². The molecule has 13 heavy (non-hydrogen) atoms. The van der Waals surface area contributed by atoms with Crippen molar-refractivity contribution < 1.29 is 17.9 Å². The van der Waals surface area contributed by atoms with E-state index < -0.39 is 5.51 Å². The summed E-state index contributed by atoms with van der Waals surface area (Å²) < 4.78 is 40.4. The normalized spacial score (nSPS) is 11.4. The maximum atomic E-state index is 11.9. The lowest BCUT2D eigenvalue weighted by Crippen LogP contribution is -1.99. The summed E-state index contributed by atoms with van der Waals surface area (Å²) in [4.78, 5) is 0.00634. The molecule has 0 aromatic heterocycles. The van der Waals surface area contributed by atoms with Gasteiger partial charge in [0.1, 0.15) is 5.75 Å². The summed E-state index contributed by atoms with van der Waals surface area (Å²) in [5, 5.41) is 0. The molecule has 0 aliphatic rings. The lowest BCUT2D eigenvalue weighted by molar-refractivity contribution is -0.0328. The van der Waals surface area contributed by atoms with Gasteiger partial charge in [0.05, 0.1) is 7.11 Å². The Bertz CT molecular complexity index is 285. The average Bonchev–Trinajstić information content (AvgIpc) is 2.01. The van der Waals surface area contributed by atoms with Gasteiger partial charge in [-0.05, 0) is 23.9 Å². The van der Waals surface area contributed by atoms with E-state index in [4.69, 9.17) is 4.74 Å². The fourth-order valence-electron chi connectivity index (χ4n) is 0.731. The van der Waals surface area contributed by atoms with Crippen molar-refractivity contribution in [3.8, 4) is 5.75 Å². The molecule has 0 heterocycles. The van der Waals surface area contributed by atoms with Crippen LogP contribution >= 0.6 is 11.8 Å². The molecular weight excluding hydrogens is 201 g/mol. The smallest absolute Gasteiger partial charge is 0.446 e. The van der Waals surface area contributed by atoms with Crippen molar-refractivity contribution in [3.63, 3.8) is 0 Å². The van der Waals surface area contributed by atoms with E-state index >= 15 is 0 Å². The van der Waals surface area contributed by atoms with Crippen LogP contribution in [-0.2, 0) is 0 Å². The molecule has 0 fully saturated rings. The number of halogens is 3. The number of thioether (sulfide) groups is 1. The molecule has 1 rings (SSSR count). The monoisotopic (exact) mass is 207 g/mol. The van der Waals surface area contributed by atoms with Gasteiger partial charge in [0.2, 0.25) is 0 Å². The van der Waals surface area contributed by atoms with Gasteiger partial charge in [-0.15, -0.1) is 0 Å². The van der Waals surface area contributed by atoms with Gasteiger partial charge in [-0.1, -0.05) is 6.07 Å². The molecule has 0 saturated carbocycles. The second-order valence-corrected chi connectivity index (χ2v) is 3.24. The van der Waals surface area contributed by atoms with Crippen molar-refractivity contribution >= 4 is 11.8 Å². The van der Waals surface area contributed by atoms with E-state index in [1.54, 1.807) is 6.07 Å². The van der Waals surface area contributed by atoms with Crippen LogP contribution in [0.15, 0.2) is 23.1 Å². The molecule has 1 aromatic rings. The van der Waals surface area contributed by atoms with Crippen molar-refractivity contribution in [3.05, 3.63) is 24.3 Å². The van der Waals surface area contributed by atoms with Crippen LogP contribution in [0.25, 0.3) is 0 Å². The number of hydrogen-bond donors (Lipinski definition) is 0. The highest BCUT2D eigenvalue weighted by Gasteiger charge is 2.29.